The van der Waals surface area contributed by atoms with Gasteiger partial charge in [0, 0.05) is 19.6 Å². The van der Waals surface area contributed by atoms with Crippen LogP contribution in [0.4, 0.5) is 0 Å². The van der Waals surface area contributed by atoms with Crippen molar-refractivity contribution in [2.24, 2.45) is 0 Å². The van der Waals surface area contributed by atoms with Gasteiger partial charge in [0.25, 0.3) is 0 Å². The van der Waals surface area contributed by atoms with Gasteiger partial charge in [0.15, 0.2) is 0 Å². The highest BCUT2D eigenvalue weighted by molar-refractivity contribution is 7.88. The summed E-state index contributed by atoms with van der Waals surface area (Å²) in [6, 6.07) is 0. The van der Waals surface area contributed by atoms with E-state index in [0.717, 1.165) is 13.1 Å². The summed E-state index contributed by atoms with van der Waals surface area (Å²) in [5, 5.41) is 6.66. The lowest BCUT2D eigenvalue weighted by atomic mass is 10.4. The van der Waals surface area contributed by atoms with Crippen LogP contribution in [0.5, 0.6) is 0 Å². The lowest BCUT2D eigenvalue weighted by Crippen LogP contribution is -2.39. The van der Waals surface area contributed by atoms with E-state index in [1.807, 2.05) is 4.90 Å². The van der Waals surface area contributed by atoms with E-state index in [0.29, 0.717) is 19.8 Å². The van der Waals surface area contributed by atoms with Crippen molar-refractivity contribution in [2.75, 3.05) is 38.6 Å². The molecular formula is C6H13N2O3S. The van der Waals surface area contributed by atoms with E-state index in [4.69, 9.17) is 9.88 Å². The largest absolute Gasteiger partial charge is 0.379 e. The molecule has 0 aromatic rings. The molecule has 1 saturated heterocycles. The van der Waals surface area contributed by atoms with Gasteiger partial charge in [-0.1, -0.05) is 0 Å². The number of nitrogens with one attached hydrogen (secondary N) is 1. The zero-order valence-corrected chi connectivity index (χ0v) is 7.64. The number of sulfonamides is 1. The van der Waals surface area contributed by atoms with E-state index in [-0.39, 0.29) is 5.75 Å². The minimum atomic E-state index is -3.56. The van der Waals surface area contributed by atoms with Crippen LogP contribution in [0.3, 0.4) is 0 Å². The van der Waals surface area contributed by atoms with E-state index in [1.54, 1.807) is 0 Å². The normalized spacial score (nSPS) is 21.1. The monoisotopic (exact) mass is 193 g/mol. The minimum Gasteiger partial charge on any atom is -0.379 e. The molecule has 71 valence electrons. The van der Waals surface area contributed by atoms with E-state index >= 15 is 0 Å². The molecule has 1 aliphatic rings. The molecule has 0 aliphatic carbocycles. The molecule has 1 rings (SSSR count). The van der Waals surface area contributed by atoms with Gasteiger partial charge in [-0.05, 0) is 0 Å². The Morgan fingerprint density at radius 3 is 2.42 bits per heavy atom. The van der Waals surface area contributed by atoms with E-state index in [1.165, 1.54) is 0 Å². The summed E-state index contributed by atoms with van der Waals surface area (Å²) in [6.07, 6.45) is 0. The van der Waals surface area contributed by atoms with Crippen LogP contribution in [0, 0.1) is 0 Å². The van der Waals surface area contributed by atoms with Crippen LogP contribution in [0.15, 0.2) is 0 Å². The fourth-order valence-electron chi connectivity index (χ4n) is 1.07. The highest BCUT2D eigenvalue weighted by Gasteiger charge is 2.12. The van der Waals surface area contributed by atoms with E-state index in [2.05, 4.69) is 0 Å². The highest BCUT2D eigenvalue weighted by atomic mass is 32.2. The molecule has 0 spiro atoms. The van der Waals surface area contributed by atoms with Gasteiger partial charge in [-0.25, -0.2) is 8.42 Å². The maximum Gasteiger partial charge on any atom is 0.226 e. The summed E-state index contributed by atoms with van der Waals surface area (Å²) in [4.78, 5) is 2.00. The van der Waals surface area contributed by atoms with Crippen molar-refractivity contribution >= 4 is 10.0 Å². The van der Waals surface area contributed by atoms with Gasteiger partial charge in [-0.15, -0.1) is 5.14 Å². The van der Waals surface area contributed by atoms with Crippen LogP contribution in [0.25, 0.3) is 0 Å². The molecule has 12 heavy (non-hydrogen) atoms. The van der Waals surface area contributed by atoms with Gasteiger partial charge >= 0.3 is 0 Å². The molecule has 0 aromatic carbocycles. The van der Waals surface area contributed by atoms with Crippen LogP contribution in [-0.4, -0.2) is 51.9 Å². The fraction of sp³-hybridized carbons (Fsp3) is 1.00. The Balaban J connectivity index is 2.22. The molecule has 0 amide bonds. The van der Waals surface area contributed by atoms with Gasteiger partial charge in [0.05, 0.1) is 19.0 Å². The maximum absolute atomic E-state index is 10.5. The van der Waals surface area contributed by atoms with Crippen molar-refractivity contribution in [1.82, 2.24) is 10.0 Å². The van der Waals surface area contributed by atoms with Gasteiger partial charge in [0.1, 0.15) is 0 Å². The molecule has 1 fully saturated rings. The molecule has 1 heterocycles. The van der Waals surface area contributed by atoms with Crippen LogP contribution in [0.2, 0.25) is 0 Å². The van der Waals surface area contributed by atoms with Gasteiger partial charge < -0.3 is 4.74 Å². The first-order valence-electron chi connectivity index (χ1n) is 3.85. The lowest BCUT2D eigenvalue weighted by Gasteiger charge is -2.25. The van der Waals surface area contributed by atoms with Crippen molar-refractivity contribution < 1.29 is 13.2 Å². The van der Waals surface area contributed by atoms with Crippen molar-refractivity contribution in [2.45, 2.75) is 0 Å². The predicted octanol–water partition coefficient (Wildman–Crippen LogP) is -1.07. The standard InChI is InChI=1S/C6H13N2O3S/c7-12(9,10)6-3-8-1-4-11-5-2-8/h7H,1-6H2. The molecule has 1 radical (unpaired) electrons. The van der Waals surface area contributed by atoms with E-state index in [9.17, 15) is 8.42 Å². The van der Waals surface area contributed by atoms with Crippen molar-refractivity contribution in [3.63, 3.8) is 0 Å². The summed E-state index contributed by atoms with van der Waals surface area (Å²) in [5.41, 5.74) is 0. The summed E-state index contributed by atoms with van der Waals surface area (Å²) < 4.78 is 26.1. The van der Waals surface area contributed by atoms with Crippen LogP contribution >= 0.6 is 0 Å². The van der Waals surface area contributed by atoms with Crippen molar-refractivity contribution in [3.8, 4) is 0 Å². The molecule has 1 N–H and O–H groups in total. The minimum absolute atomic E-state index is 0.0764. The Morgan fingerprint density at radius 1 is 1.33 bits per heavy atom. The number of rotatable bonds is 3. The maximum atomic E-state index is 10.5. The molecule has 1 aliphatic heterocycles. The summed E-state index contributed by atoms with van der Waals surface area (Å²) >= 11 is 0. The quantitative estimate of drug-likeness (QED) is 0.572. The van der Waals surface area contributed by atoms with Gasteiger partial charge in [-0.3, -0.25) is 4.90 Å². The Kier molecular flexibility index (Phi) is 3.45. The predicted molar refractivity (Wildman–Crippen MR) is 44.1 cm³/mol. The zero-order valence-electron chi connectivity index (χ0n) is 6.82. The third kappa shape index (κ3) is 4.01. The van der Waals surface area contributed by atoms with Crippen LogP contribution < -0.4 is 5.14 Å². The summed E-state index contributed by atoms with van der Waals surface area (Å²) in [6.45, 7) is 3.33. The highest BCUT2D eigenvalue weighted by Crippen LogP contribution is 1.96. The zero-order chi connectivity index (χ0) is 9.03. The molecule has 0 unspecified atom stereocenters. The topological polar surface area (TPSA) is 70.4 Å². The SMILES string of the molecule is [NH]S(=O)(=O)CCN1CCOCC1. The average Bonchev–Trinajstić information content (AvgIpc) is 2.02. The third-order valence-electron chi connectivity index (χ3n) is 1.78. The Hall–Kier alpha value is -0.170. The smallest absolute Gasteiger partial charge is 0.226 e. The Bertz CT molecular complexity index is 221. The average molecular weight is 193 g/mol. The molecule has 0 aromatic heterocycles. The lowest BCUT2D eigenvalue weighted by molar-refractivity contribution is 0.0408. The van der Waals surface area contributed by atoms with Gasteiger partial charge in [0.2, 0.25) is 10.0 Å². The number of hydrogen-bond acceptors (Lipinski definition) is 4. The van der Waals surface area contributed by atoms with E-state index < -0.39 is 10.0 Å². The number of ether oxygens (including phenoxy) is 1. The van der Waals surface area contributed by atoms with Crippen molar-refractivity contribution in [3.05, 3.63) is 0 Å². The second kappa shape index (κ2) is 4.18. The molecule has 0 saturated carbocycles. The summed E-state index contributed by atoms with van der Waals surface area (Å²) in [5.74, 6) is -0.0764. The Labute approximate surface area is 72.5 Å². The molecular weight excluding hydrogens is 180 g/mol. The first-order valence-corrected chi connectivity index (χ1v) is 5.50. The fourth-order valence-corrected chi connectivity index (χ4v) is 1.57. The Morgan fingerprint density at radius 2 is 1.92 bits per heavy atom. The first-order chi connectivity index (χ1) is 5.58. The molecule has 0 bridgehead atoms. The second-order valence-corrected chi connectivity index (χ2v) is 4.41. The van der Waals surface area contributed by atoms with Crippen LogP contribution in [-0.2, 0) is 14.8 Å². The van der Waals surface area contributed by atoms with Crippen LogP contribution in [0.1, 0.15) is 0 Å². The summed E-state index contributed by atoms with van der Waals surface area (Å²) in [7, 11) is -3.56. The van der Waals surface area contributed by atoms with Gasteiger partial charge in [-0.2, -0.15) is 0 Å². The molecule has 6 heteroatoms. The number of morpholine rings is 1. The second-order valence-electron chi connectivity index (χ2n) is 2.77. The number of nitrogens with zero attached hydrogens (tertiary/aromatic N) is 1. The van der Waals surface area contributed by atoms with Crippen molar-refractivity contribution in [1.29, 1.82) is 0 Å². The molecule has 0 atom stereocenters. The third-order valence-corrected chi connectivity index (χ3v) is 2.50. The molecule has 5 nitrogen and oxygen atoms in total. The number of hydrogen-bond donors (Lipinski definition) is 0. The first kappa shape index (κ1) is 9.91.